The molecule has 0 aromatic heterocycles. The van der Waals surface area contributed by atoms with Gasteiger partial charge in [0, 0.05) is 18.5 Å². The third-order valence-corrected chi connectivity index (χ3v) is 9.32. The van der Waals surface area contributed by atoms with Crippen molar-refractivity contribution in [3.8, 4) is 0 Å². The van der Waals surface area contributed by atoms with Crippen LogP contribution in [0.25, 0.3) is 0 Å². The molecule has 2 heterocycles. The summed E-state index contributed by atoms with van der Waals surface area (Å²) < 4.78 is 0. The summed E-state index contributed by atoms with van der Waals surface area (Å²) in [6.45, 7) is 0.786. The molecular formula is C26H38N2O4. The third kappa shape index (κ3) is 3.62. The Morgan fingerprint density at radius 2 is 0.875 bits per heavy atom. The molecule has 0 radical (unpaired) electrons. The van der Waals surface area contributed by atoms with Crippen molar-refractivity contribution in [2.24, 2.45) is 29.1 Å². The maximum atomic E-state index is 13.8. The minimum absolute atomic E-state index is 0.301. The van der Waals surface area contributed by atoms with Gasteiger partial charge < -0.3 is 0 Å². The smallest absolute Gasteiger partial charge is 0.242 e. The van der Waals surface area contributed by atoms with Gasteiger partial charge in [-0.25, -0.2) is 0 Å². The first-order valence-corrected chi connectivity index (χ1v) is 13.2. The molecule has 2 bridgehead atoms. The molecule has 0 atom stereocenters. The van der Waals surface area contributed by atoms with Gasteiger partial charge in [-0.15, -0.1) is 0 Å². The molecule has 176 valence electrons. The van der Waals surface area contributed by atoms with Gasteiger partial charge in [0.15, 0.2) is 0 Å². The lowest BCUT2D eigenvalue weighted by Crippen LogP contribution is -2.72. The van der Waals surface area contributed by atoms with E-state index < -0.39 is 17.3 Å². The Labute approximate surface area is 191 Å². The van der Waals surface area contributed by atoms with Crippen LogP contribution in [0.4, 0.5) is 0 Å². The third-order valence-electron chi connectivity index (χ3n) is 9.32. The number of hydrogen-bond donors (Lipinski definition) is 0. The second-order valence-corrected chi connectivity index (χ2v) is 11.2. The number of amides is 4. The second kappa shape index (κ2) is 8.90. The fourth-order valence-corrected chi connectivity index (χ4v) is 7.61. The zero-order chi connectivity index (χ0) is 22.3. The fraction of sp³-hybridized carbons (Fsp3) is 0.846. The van der Waals surface area contributed by atoms with E-state index in [2.05, 4.69) is 0 Å². The number of imide groups is 2. The van der Waals surface area contributed by atoms with Gasteiger partial charge in [-0.1, -0.05) is 57.8 Å². The van der Waals surface area contributed by atoms with Crippen molar-refractivity contribution in [1.29, 1.82) is 0 Å². The highest BCUT2D eigenvalue weighted by Crippen LogP contribution is 2.56. The molecule has 6 heteroatoms. The summed E-state index contributed by atoms with van der Waals surface area (Å²) in [4.78, 5) is 57.9. The molecule has 0 N–H and O–H groups in total. The van der Waals surface area contributed by atoms with E-state index in [0.29, 0.717) is 37.8 Å². The minimum atomic E-state index is -0.838. The summed E-state index contributed by atoms with van der Waals surface area (Å²) in [7, 11) is 0. The summed E-state index contributed by atoms with van der Waals surface area (Å²) in [5, 5.41) is 0. The number of nitrogens with zero attached hydrogens (tertiary/aromatic N) is 2. The summed E-state index contributed by atoms with van der Waals surface area (Å²) in [5.41, 5.74) is -0.771. The first-order valence-electron chi connectivity index (χ1n) is 13.2. The van der Waals surface area contributed by atoms with E-state index in [-0.39, 0.29) is 23.6 Å². The molecule has 4 amide bonds. The van der Waals surface area contributed by atoms with Crippen LogP contribution in [0.5, 0.6) is 0 Å². The fourth-order valence-electron chi connectivity index (χ4n) is 7.61. The highest BCUT2D eigenvalue weighted by molar-refractivity contribution is 6.22. The van der Waals surface area contributed by atoms with Gasteiger partial charge in [-0.3, -0.25) is 29.0 Å². The Hall–Kier alpha value is -1.72. The average molecular weight is 443 g/mol. The summed E-state index contributed by atoms with van der Waals surface area (Å²) in [6.07, 6.45) is 15.1. The van der Waals surface area contributed by atoms with E-state index in [9.17, 15) is 19.2 Å². The van der Waals surface area contributed by atoms with Gasteiger partial charge >= 0.3 is 0 Å². The Balaban J connectivity index is 1.46. The van der Waals surface area contributed by atoms with Crippen molar-refractivity contribution in [1.82, 2.24) is 9.80 Å². The van der Waals surface area contributed by atoms with Crippen molar-refractivity contribution in [3.05, 3.63) is 0 Å². The summed E-state index contributed by atoms with van der Waals surface area (Å²) in [6, 6.07) is 0. The van der Waals surface area contributed by atoms with Gasteiger partial charge in [-0.2, -0.15) is 0 Å². The van der Waals surface area contributed by atoms with Crippen LogP contribution in [-0.4, -0.2) is 46.5 Å². The normalized spacial score (nSPS) is 32.1. The second-order valence-electron chi connectivity index (χ2n) is 11.2. The Morgan fingerprint density at radius 1 is 0.531 bits per heavy atom. The van der Waals surface area contributed by atoms with Gasteiger partial charge in [-0.05, 0) is 50.4 Å². The Morgan fingerprint density at radius 3 is 1.25 bits per heavy atom. The quantitative estimate of drug-likeness (QED) is 0.486. The van der Waals surface area contributed by atoms with Gasteiger partial charge in [0.1, 0.15) is 11.8 Å². The van der Waals surface area contributed by atoms with Crippen molar-refractivity contribution in [3.63, 3.8) is 0 Å². The first kappa shape index (κ1) is 22.1. The zero-order valence-corrected chi connectivity index (χ0v) is 19.4. The highest BCUT2D eigenvalue weighted by Gasteiger charge is 2.68. The van der Waals surface area contributed by atoms with E-state index in [1.54, 1.807) is 0 Å². The van der Waals surface area contributed by atoms with E-state index in [4.69, 9.17) is 0 Å². The summed E-state index contributed by atoms with van der Waals surface area (Å²) >= 11 is 0. The topological polar surface area (TPSA) is 74.8 Å². The molecular weight excluding hydrogens is 404 g/mol. The van der Waals surface area contributed by atoms with Crippen LogP contribution in [0.1, 0.15) is 96.3 Å². The van der Waals surface area contributed by atoms with Crippen LogP contribution in [0.3, 0.4) is 0 Å². The van der Waals surface area contributed by atoms with Crippen LogP contribution in [0.15, 0.2) is 0 Å². The molecule has 1 spiro atoms. The lowest BCUT2D eigenvalue weighted by Gasteiger charge is -2.56. The predicted octanol–water partition coefficient (Wildman–Crippen LogP) is 4.07. The van der Waals surface area contributed by atoms with Crippen molar-refractivity contribution >= 4 is 23.6 Å². The molecule has 5 fully saturated rings. The van der Waals surface area contributed by atoms with E-state index >= 15 is 0 Å². The van der Waals surface area contributed by atoms with Crippen LogP contribution < -0.4 is 0 Å². The van der Waals surface area contributed by atoms with Crippen LogP contribution in [-0.2, 0) is 19.2 Å². The van der Waals surface area contributed by atoms with Crippen molar-refractivity contribution < 1.29 is 19.2 Å². The number of carbonyl (C=O) groups is 4. The SMILES string of the molecule is O=C1C2C(=O)N(CC3CCCCC3)C(=O)C(C(=O)N1CC1CCCCC1)C21CCCCC1. The maximum Gasteiger partial charge on any atom is 0.242 e. The minimum Gasteiger partial charge on any atom is -0.281 e. The number of likely N-dealkylation sites (tertiary alicyclic amines) is 2. The molecule has 3 aliphatic carbocycles. The molecule has 5 rings (SSSR count). The van der Waals surface area contributed by atoms with Crippen LogP contribution in [0, 0.1) is 29.1 Å². The molecule has 32 heavy (non-hydrogen) atoms. The lowest BCUT2D eigenvalue weighted by molar-refractivity contribution is -0.190. The van der Waals surface area contributed by atoms with E-state index in [1.807, 2.05) is 0 Å². The average Bonchev–Trinajstić information content (AvgIpc) is 2.81. The predicted molar refractivity (Wildman–Crippen MR) is 119 cm³/mol. The molecule has 5 aliphatic rings. The maximum absolute atomic E-state index is 13.8. The van der Waals surface area contributed by atoms with Gasteiger partial charge in [0.25, 0.3) is 0 Å². The van der Waals surface area contributed by atoms with Crippen LogP contribution in [0.2, 0.25) is 0 Å². The lowest BCUT2D eigenvalue weighted by atomic mass is 9.54. The Bertz CT molecular complexity index is 685. The number of piperidine rings is 2. The number of carbonyl (C=O) groups excluding carboxylic acids is 4. The molecule has 0 aromatic carbocycles. The van der Waals surface area contributed by atoms with E-state index in [1.165, 1.54) is 22.6 Å². The summed E-state index contributed by atoms with van der Waals surface area (Å²) in [5.74, 6) is -2.27. The molecule has 2 aliphatic heterocycles. The molecule has 0 unspecified atom stereocenters. The van der Waals surface area contributed by atoms with Crippen molar-refractivity contribution in [2.75, 3.05) is 13.1 Å². The highest BCUT2D eigenvalue weighted by atomic mass is 16.2. The van der Waals surface area contributed by atoms with Gasteiger partial charge in [0.2, 0.25) is 23.6 Å². The molecule has 3 saturated carbocycles. The standard InChI is InChI=1S/C26H38N2O4/c29-22-20-24(31)28(17-19-12-6-2-7-13-19)25(32)21(26(20)14-8-3-9-15-26)23(30)27(22)16-18-10-4-1-5-11-18/h18-21H,1-17H2. The number of hydrogen-bond acceptors (Lipinski definition) is 4. The largest absolute Gasteiger partial charge is 0.281 e. The van der Waals surface area contributed by atoms with Crippen LogP contribution >= 0.6 is 0 Å². The molecule has 6 nitrogen and oxygen atoms in total. The molecule has 2 saturated heterocycles. The van der Waals surface area contributed by atoms with Crippen molar-refractivity contribution in [2.45, 2.75) is 96.3 Å². The van der Waals surface area contributed by atoms with Gasteiger partial charge in [0.05, 0.1) is 0 Å². The monoisotopic (exact) mass is 442 g/mol. The Kier molecular flexibility index (Phi) is 6.15. The van der Waals surface area contributed by atoms with E-state index in [0.717, 1.165) is 70.6 Å². The number of rotatable bonds is 4. The molecule has 0 aromatic rings. The first-order chi connectivity index (χ1) is 15.5. The zero-order valence-electron chi connectivity index (χ0n) is 19.4.